The number of aryl methyl sites for hydroxylation is 2. The number of alkyl halides is 3. The van der Waals surface area contributed by atoms with Gasteiger partial charge in [0.1, 0.15) is 11.9 Å². The number of morpholine rings is 1. The van der Waals surface area contributed by atoms with Crippen LogP contribution in [0.15, 0.2) is 49.1 Å². The number of aromatic nitrogens is 4. The highest BCUT2D eigenvalue weighted by Crippen LogP contribution is 2.34. The molecular formula is C22H22F3N5O2. The van der Waals surface area contributed by atoms with Gasteiger partial charge in [-0.15, -0.1) is 0 Å². The second-order valence-corrected chi connectivity index (χ2v) is 7.49. The third kappa shape index (κ3) is 4.80. The Bertz CT molecular complexity index is 1100. The topological polar surface area (TPSA) is 73.1 Å². The van der Waals surface area contributed by atoms with Gasteiger partial charge in [0.15, 0.2) is 0 Å². The minimum Gasteiger partial charge on any atom is -0.368 e. The molecule has 0 bridgehead atoms. The third-order valence-electron chi connectivity index (χ3n) is 5.40. The molecule has 10 heteroatoms. The van der Waals surface area contributed by atoms with Gasteiger partial charge in [-0.1, -0.05) is 12.1 Å². The lowest BCUT2D eigenvalue weighted by molar-refractivity contribution is -0.139. The number of benzene rings is 1. The molecule has 1 aromatic carbocycles. The van der Waals surface area contributed by atoms with Gasteiger partial charge in [0, 0.05) is 49.9 Å². The molecule has 2 aromatic heterocycles. The first-order valence-electron chi connectivity index (χ1n) is 10.2. The van der Waals surface area contributed by atoms with Crippen LogP contribution < -0.4 is 0 Å². The predicted molar refractivity (Wildman–Crippen MR) is 109 cm³/mol. The van der Waals surface area contributed by atoms with Gasteiger partial charge in [0.2, 0.25) is 5.91 Å². The van der Waals surface area contributed by atoms with Crippen LogP contribution in [-0.2, 0) is 22.3 Å². The molecule has 1 saturated heterocycles. The van der Waals surface area contributed by atoms with E-state index in [1.54, 1.807) is 17.2 Å². The summed E-state index contributed by atoms with van der Waals surface area (Å²) in [6.07, 6.45) is 1.68. The van der Waals surface area contributed by atoms with Gasteiger partial charge in [-0.25, -0.2) is 4.98 Å². The normalized spacial score (nSPS) is 16.9. The van der Waals surface area contributed by atoms with E-state index >= 15 is 0 Å². The number of imidazole rings is 1. The van der Waals surface area contributed by atoms with Crippen molar-refractivity contribution < 1.29 is 22.7 Å². The van der Waals surface area contributed by atoms with Crippen molar-refractivity contribution >= 4 is 5.91 Å². The van der Waals surface area contributed by atoms with Gasteiger partial charge in [-0.2, -0.15) is 13.2 Å². The Hall–Kier alpha value is -3.27. The maximum absolute atomic E-state index is 13.2. The summed E-state index contributed by atoms with van der Waals surface area (Å²) in [4.78, 5) is 27.2. The molecule has 3 heterocycles. The Balaban J connectivity index is 1.52. The lowest BCUT2D eigenvalue weighted by Crippen LogP contribution is -2.42. The monoisotopic (exact) mass is 445 g/mol. The first-order chi connectivity index (χ1) is 15.3. The maximum Gasteiger partial charge on any atom is 0.416 e. The van der Waals surface area contributed by atoms with Crippen LogP contribution in [0.1, 0.15) is 29.6 Å². The number of nitrogens with zero attached hydrogens (tertiary/aromatic N) is 5. The zero-order valence-electron chi connectivity index (χ0n) is 17.4. The zero-order valence-corrected chi connectivity index (χ0v) is 17.4. The molecule has 168 valence electrons. The summed E-state index contributed by atoms with van der Waals surface area (Å²) in [5.74, 6) is 0.804. The van der Waals surface area contributed by atoms with E-state index < -0.39 is 17.8 Å². The summed E-state index contributed by atoms with van der Waals surface area (Å²) < 4.78 is 47.3. The number of hydrogen-bond acceptors (Lipinski definition) is 5. The maximum atomic E-state index is 13.2. The second-order valence-electron chi connectivity index (χ2n) is 7.49. The van der Waals surface area contributed by atoms with Crippen molar-refractivity contribution in [3.8, 4) is 11.3 Å². The van der Waals surface area contributed by atoms with Gasteiger partial charge >= 0.3 is 6.18 Å². The summed E-state index contributed by atoms with van der Waals surface area (Å²) >= 11 is 0. The Labute approximate surface area is 182 Å². The van der Waals surface area contributed by atoms with Gasteiger partial charge in [0.25, 0.3) is 0 Å². The Kier molecular flexibility index (Phi) is 6.22. The number of amides is 1. The van der Waals surface area contributed by atoms with Crippen LogP contribution in [0.4, 0.5) is 13.2 Å². The van der Waals surface area contributed by atoms with E-state index in [0.717, 1.165) is 18.0 Å². The molecule has 0 unspecified atom stereocenters. The van der Waals surface area contributed by atoms with E-state index in [1.807, 2.05) is 17.7 Å². The smallest absolute Gasteiger partial charge is 0.368 e. The van der Waals surface area contributed by atoms with E-state index in [9.17, 15) is 18.0 Å². The van der Waals surface area contributed by atoms with E-state index in [-0.39, 0.29) is 12.5 Å². The van der Waals surface area contributed by atoms with Gasteiger partial charge in [0.05, 0.1) is 30.1 Å². The molecule has 0 radical (unpaired) electrons. The van der Waals surface area contributed by atoms with E-state index in [2.05, 4.69) is 15.0 Å². The van der Waals surface area contributed by atoms with Crippen LogP contribution in [0.25, 0.3) is 11.3 Å². The number of rotatable bonds is 5. The van der Waals surface area contributed by atoms with Crippen molar-refractivity contribution in [2.45, 2.75) is 32.2 Å². The summed E-state index contributed by atoms with van der Waals surface area (Å²) in [5.41, 5.74) is 0.259. The molecule has 1 aliphatic heterocycles. The number of ether oxygens (including phenoxy) is 1. The largest absolute Gasteiger partial charge is 0.416 e. The highest BCUT2D eigenvalue weighted by atomic mass is 19.4. The molecule has 0 N–H and O–H groups in total. The van der Waals surface area contributed by atoms with Crippen LogP contribution in [0.5, 0.6) is 0 Å². The summed E-state index contributed by atoms with van der Waals surface area (Å²) in [5, 5.41) is 0. The van der Waals surface area contributed by atoms with Gasteiger partial charge in [-0.3, -0.25) is 14.8 Å². The van der Waals surface area contributed by atoms with Crippen LogP contribution >= 0.6 is 0 Å². The molecule has 1 fully saturated rings. The van der Waals surface area contributed by atoms with E-state index in [4.69, 9.17) is 4.74 Å². The third-order valence-corrected chi connectivity index (χ3v) is 5.40. The first-order valence-corrected chi connectivity index (χ1v) is 10.2. The molecule has 0 saturated carbocycles. The number of halogens is 3. The first kappa shape index (κ1) is 21.9. The van der Waals surface area contributed by atoms with Crippen molar-refractivity contribution in [2.24, 2.45) is 0 Å². The molecule has 32 heavy (non-hydrogen) atoms. The molecule has 0 aliphatic carbocycles. The van der Waals surface area contributed by atoms with Crippen molar-refractivity contribution in [3.05, 3.63) is 66.1 Å². The highest BCUT2D eigenvalue weighted by Gasteiger charge is 2.32. The van der Waals surface area contributed by atoms with Gasteiger partial charge < -0.3 is 14.2 Å². The Morgan fingerprint density at radius 1 is 1.19 bits per heavy atom. The minimum absolute atomic E-state index is 0.0316. The standard InChI is InChI=1S/C22H22F3N5O2/c1-15-26-8-10-29(15)9-5-19(31)30-11-12-32-18(14-30)21-20(27-6-7-28-21)16-3-2-4-17(13-16)22(23,24)25/h2-4,6-8,10,13,18H,5,9,11-12,14H2,1H3/t18-/m1/s1. The lowest BCUT2D eigenvalue weighted by Gasteiger charge is -2.33. The summed E-state index contributed by atoms with van der Waals surface area (Å²) in [7, 11) is 0. The fraction of sp³-hybridized carbons (Fsp3) is 0.364. The fourth-order valence-electron chi connectivity index (χ4n) is 3.71. The summed E-state index contributed by atoms with van der Waals surface area (Å²) in [6.45, 7) is 3.40. The van der Waals surface area contributed by atoms with E-state index in [0.29, 0.717) is 43.1 Å². The average Bonchev–Trinajstić information content (AvgIpc) is 3.21. The zero-order chi connectivity index (χ0) is 22.7. The second kappa shape index (κ2) is 9.07. The lowest BCUT2D eigenvalue weighted by atomic mass is 10.0. The Morgan fingerprint density at radius 3 is 2.75 bits per heavy atom. The van der Waals surface area contributed by atoms with Crippen molar-refractivity contribution in [1.82, 2.24) is 24.4 Å². The molecule has 3 aromatic rings. The Morgan fingerprint density at radius 2 is 2.00 bits per heavy atom. The van der Waals surface area contributed by atoms with Crippen molar-refractivity contribution in [3.63, 3.8) is 0 Å². The van der Waals surface area contributed by atoms with Gasteiger partial charge in [-0.05, 0) is 19.1 Å². The average molecular weight is 445 g/mol. The van der Waals surface area contributed by atoms with Crippen LogP contribution in [0, 0.1) is 6.92 Å². The highest BCUT2D eigenvalue weighted by molar-refractivity contribution is 5.76. The molecule has 4 rings (SSSR count). The van der Waals surface area contributed by atoms with Crippen LogP contribution in [-0.4, -0.2) is 50.0 Å². The number of carbonyl (C=O) groups excluding carboxylic acids is 1. The predicted octanol–water partition coefficient (Wildman–Crippen LogP) is 3.66. The molecular weight excluding hydrogens is 423 g/mol. The van der Waals surface area contributed by atoms with Crippen molar-refractivity contribution in [2.75, 3.05) is 19.7 Å². The number of hydrogen-bond donors (Lipinski definition) is 0. The quantitative estimate of drug-likeness (QED) is 0.599. The minimum atomic E-state index is -4.46. The molecule has 0 spiro atoms. The van der Waals surface area contributed by atoms with Crippen molar-refractivity contribution in [1.29, 1.82) is 0 Å². The fourth-order valence-corrected chi connectivity index (χ4v) is 3.71. The summed E-state index contributed by atoms with van der Waals surface area (Å²) in [6, 6.07) is 4.96. The number of carbonyl (C=O) groups is 1. The molecule has 1 aliphatic rings. The van der Waals surface area contributed by atoms with E-state index in [1.165, 1.54) is 18.5 Å². The molecule has 7 nitrogen and oxygen atoms in total. The molecule has 1 atom stereocenters. The van der Waals surface area contributed by atoms with Crippen LogP contribution in [0.2, 0.25) is 0 Å². The molecule has 1 amide bonds. The van der Waals surface area contributed by atoms with Crippen LogP contribution in [0.3, 0.4) is 0 Å². The SMILES string of the molecule is Cc1nccn1CCC(=O)N1CCO[C@@H](c2nccnc2-c2cccc(C(F)(F)F)c2)C1.